The molecule has 3 fully saturated rings. The zero-order valence-electron chi connectivity index (χ0n) is 14.5. The van der Waals surface area contributed by atoms with Gasteiger partial charge < -0.3 is 9.84 Å². The number of ether oxygens (including phenoxy) is 1. The van der Waals surface area contributed by atoms with E-state index >= 15 is 0 Å². The van der Waals surface area contributed by atoms with Crippen molar-refractivity contribution in [3.8, 4) is 11.1 Å². The summed E-state index contributed by atoms with van der Waals surface area (Å²) in [6.45, 7) is 2.84. The lowest BCUT2D eigenvalue weighted by Crippen LogP contribution is -2.52. The summed E-state index contributed by atoms with van der Waals surface area (Å²) < 4.78 is 19.4. The minimum absolute atomic E-state index is 0.166. The quantitative estimate of drug-likeness (QED) is 0.856. The molecule has 2 atom stereocenters. The monoisotopic (exact) mass is 355 g/mol. The molecule has 2 bridgehead atoms. The van der Waals surface area contributed by atoms with Crippen molar-refractivity contribution in [1.82, 2.24) is 4.90 Å². The second-order valence-electron chi connectivity index (χ2n) is 7.11. The fraction of sp³-hybridized carbons (Fsp3) is 0.381. The third kappa shape index (κ3) is 3.37. The van der Waals surface area contributed by atoms with Crippen molar-refractivity contribution in [2.45, 2.75) is 25.0 Å². The summed E-state index contributed by atoms with van der Waals surface area (Å²) in [4.78, 5) is 14.9. The number of esters is 1. The highest BCUT2D eigenvalue weighted by Gasteiger charge is 2.37. The second kappa shape index (κ2) is 7.17. The Morgan fingerprint density at radius 2 is 1.88 bits per heavy atom. The molecule has 0 aliphatic carbocycles. The van der Waals surface area contributed by atoms with Crippen LogP contribution >= 0.6 is 0 Å². The zero-order chi connectivity index (χ0) is 18.1. The van der Waals surface area contributed by atoms with Gasteiger partial charge in [-0.1, -0.05) is 36.4 Å². The summed E-state index contributed by atoms with van der Waals surface area (Å²) >= 11 is 0. The number of nitrogens with zero attached hydrogens (tertiary/aromatic N) is 1. The number of hydrogen-bond acceptors (Lipinski definition) is 4. The number of piperidine rings is 3. The van der Waals surface area contributed by atoms with Crippen molar-refractivity contribution < 1.29 is 19.0 Å². The molecule has 2 aromatic rings. The first-order valence-electron chi connectivity index (χ1n) is 9.07. The molecule has 5 heteroatoms. The van der Waals surface area contributed by atoms with E-state index in [2.05, 4.69) is 4.90 Å². The Kier molecular flexibility index (Phi) is 4.74. The van der Waals surface area contributed by atoms with Crippen molar-refractivity contribution >= 4 is 5.97 Å². The number of aliphatic hydroxyl groups is 1. The topological polar surface area (TPSA) is 49.8 Å². The van der Waals surface area contributed by atoms with Crippen LogP contribution in [0.4, 0.5) is 4.39 Å². The number of benzene rings is 2. The van der Waals surface area contributed by atoms with Crippen molar-refractivity contribution in [2.75, 3.05) is 19.6 Å². The normalized spacial score (nSPS) is 25.7. The Hall–Kier alpha value is -2.24. The standard InChI is InChI=1S/C21H22FNO3/c22-16-6-7-17(18(12-16)14-4-2-1-3-5-14)20(24)21(25)26-19-13-23-10-8-15(19)9-11-23/h1-7,12,15,19-20,24H,8-11,13H2. The molecular weight excluding hydrogens is 333 g/mol. The molecule has 26 heavy (non-hydrogen) atoms. The number of carbonyl (C=O) groups is 1. The van der Waals surface area contributed by atoms with Gasteiger partial charge in [-0.25, -0.2) is 9.18 Å². The molecule has 2 unspecified atom stereocenters. The van der Waals surface area contributed by atoms with Gasteiger partial charge >= 0.3 is 5.97 Å². The lowest BCUT2D eigenvalue weighted by atomic mass is 9.86. The molecule has 1 N–H and O–H groups in total. The van der Waals surface area contributed by atoms with Gasteiger partial charge in [0.25, 0.3) is 0 Å². The number of hydrogen-bond donors (Lipinski definition) is 1. The van der Waals surface area contributed by atoms with Crippen LogP contribution in [0.3, 0.4) is 0 Å². The van der Waals surface area contributed by atoms with Crippen LogP contribution in [-0.2, 0) is 9.53 Å². The lowest BCUT2D eigenvalue weighted by Gasteiger charge is -2.44. The minimum Gasteiger partial charge on any atom is -0.459 e. The summed E-state index contributed by atoms with van der Waals surface area (Å²) in [6, 6.07) is 13.2. The molecule has 3 aliphatic heterocycles. The lowest BCUT2D eigenvalue weighted by molar-refractivity contribution is -0.169. The van der Waals surface area contributed by atoms with Gasteiger partial charge in [-0.05, 0) is 60.7 Å². The second-order valence-corrected chi connectivity index (χ2v) is 7.11. The SMILES string of the molecule is O=C(OC1CN2CCC1CC2)C(O)c1ccc(F)cc1-c1ccccc1. The maximum atomic E-state index is 13.8. The van der Waals surface area contributed by atoms with Crippen molar-refractivity contribution in [3.63, 3.8) is 0 Å². The van der Waals surface area contributed by atoms with Gasteiger partial charge in [0.15, 0.2) is 6.10 Å². The summed E-state index contributed by atoms with van der Waals surface area (Å²) in [7, 11) is 0. The molecule has 2 aromatic carbocycles. The van der Waals surface area contributed by atoms with E-state index in [4.69, 9.17) is 4.74 Å². The maximum absolute atomic E-state index is 13.8. The van der Waals surface area contributed by atoms with Gasteiger partial charge in [-0.15, -0.1) is 0 Å². The van der Waals surface area contributed by atoms with Gasteiger partial charge in [0.2, 0.25) is 0 Å². The average Bonchev–Trinajstić information content (AvgIpc) is 2.69. The van der Waals surface area contributed by atoms with E-state index in [1.165, 1.54) is 18.2 Å². The van der Waals surface area contributed by atoms with E-state index < -0.39 is 17.9 Å². The van der Waals surface area contributed by atoms with Crippen LogP contribution in [0.15, 0.2) is 48.5 Å². The summed E-state index contributed by atoms with van der Waals surface area (Å²) in [6.07, 6.45) is 0.459. The number of carbonyl (C=O) groups excluding carboxylic acids is 1. The molecule has 4 nitrogen and oxygen atoms in total. The Bertz CT molecular complexity index is 787. The predicted octanol–water partition coefficient (Wildman–Crippen LogP) is 3.16. The van der Waals surface area contributed by atoms with Gasteiger partial charge in [-0.3, -0.25) is 4.90 Å². The van der Waals surface area contributed by atoms with E-state index in [-0.39, 0.29) is 6.10 Å². The Balaban J connectivity index is 1.56. The van der Waals surface area contributed by atoms with Gasteiger partial charge in [-0.2, -0.15) is 0 Å². The molecule has 0 saturated carbocycles. The first-order chi connectivity index (χ1) is 12.6. The predicted molar refractivity (Wildman–Crippen MR) is 95.8 cm³/mol. The van der Waals surface area contributed by atoms with Gasteiger partial charge in [0, 0.05) is 6.54 Å². The van der Waals surface area contributed by atoms with E-state index in [1.807, 2.05) is 30.3 Å². The van der Waals surface area contributed by atoms with Gasteiger partial charge in [0.05, 0.1) is 0 Å². The Labute approximate surface area is 152 Å². The van der Waals surface area contributed by atoms with Crippen LogP contribution in [0.5, 0.6) is 0 Å². The highest BCUT2D eigenvalue weighted by Crippen LogP contribution is 2.33. The minimum atomic E-state index is -1.43. The number of halogens is 1. The van der Waals surface area contributed by atoms with E-state index in [0.29, 0.717) is 17.0 Å². The molecule has 0 aromatic heterocycles. The largest absolute Gasteiger partial charge is 0.459 e. The number of aliphatic hydroxyl groups excluding tert-OH is 1. The molecule has 5 rings (SSSR count). The third-order valence-electron chi connectivity index (χ3n) is 5.48. The fourth-order valence-corrected chi connectivity index (χ4v) is 4.02. The highest BCUT2D eigenvalue weighted by atomic mass is 19.1. The Morgan fingerprint density at radius 3 is 2.54 bits per heavy atom. The van der Waals surface area contributed by atoms with E-state index in [1.54, 1.807) is 0 Å². The van der Waals surface area contributed by atoms with Crippen LogP contribution in [0.2, 0.25) is 0 Å². The summed E-state index contributed by atoms with van der Waals surface area (Å²) in [5, 5.41) is 10.6. The Morgan fingerprint density at radius 1 is 1.15 bits per heavy atom. The molecule has 3 heterocycles. The van der Waals surface area contributed by atoms with Gasteiger partial charge in [0.1, 0.15) is 11.9 Å². The number of rotatable bonds is 4. The number of fused-ring (bicyclic) bond motifs is 3. The maximum Gasteiger partial charge on any atom is 0.340 e. The van der Waals surface area contributed by atoms with Crippen LogP contribution in [-0.4, -0.2) is 41.7 Å². The van der Waals surface area contributed by atoms with Crippen molar-refractivity contribution in [1.29, 1.82) is 0 Å². The highest BCUT2D eigenvalue weighted by molar-refractivity contribution is 5.81. The van der Waals surface area contributed by atoms with Crippen LogP contribution in [0, 0.1) is 11.7 Å². The van der Waals surface area contributed by atoms with Crippen molar-refractivity contribution in [3.05, 3.63) is 59.9 Å². The molecule has 0 spiro atoms. The molecule has 0 amide bonds. The van der Waals surface area contributed by atoms with Crippen molar-refractivity contribution in [2.24, 2.45) is 5.92 Å². The first kappa shape index (κ1) is 17.2. The average molecular weight is 355 g/mol. The molecule has 3 saturated heterocycles. The summed E-state index contributed by atoms with van der Waals surface area (Å²) in [5.41, 5.74) is 1.62. The molecule has 3 aliphatic rings. The van der Waals surface area contributed by atoms with Crippen LogP contribution in [0.25, 0.3) is 11.1 Å². The summed E-state index contributed by atoms with van der Waals surface area (Å²) in [5.74, 6) is -0.698. The van der Waals surface area contributed by atoms with E-state index in [9.17, 15) is 14.3 Å². The fourth-order valence-electron chi connectivity index (χ4n) is 4.02. The first-order valence-corrected chi connectivity index (χ1v) is 9.07. The zero-order valence-corrected chi connectivity index (χ0v) is 14.5. The van der Waals surface area contributed by atoms with E-state index in [0.717, 1.165) is 38.0 Å². The molecular formula is C21H22FNO3. The third-order valence-corrected chi connectivity index (χ3v) is 5.48. The molecule has 0 radical (unpaired) electrons. The van der Waals surface area contributed by atoms with Crippen LogP contribution < -0.4 is 0 Å². The smallest absolute Gasteiger partial charge is 0.340 e. The van der Waals surface area contributed by atoms with Crippen LogP contribution in [0.1, 0.15) is 24.5 Å². The molecule has 136 valence electrons.